The maximum Gasteiger partial charge on any atom is 0.179 e. The van der Waals surface area contributed by atoms with Crippen LogP contribution in [0.25, 0.3) is 6.08 Å². The second kappa shape index (κ2) is 8.96. The predicted octanol–water partition coefficient (Wildman–Crippen LogP) is 4.40. The molecule has 1 N–H and O–H groups in total. The molecule has 0 aromatic heterocycles. The molecule has 3 nitrogen and oxygen atoms in total. The molecule has 0 amide bonds. The van der Waals surface area contributed by atoms with Crippen molar-refractivity contribution in [2.75, 3.05) is 27.3 Å². The van der Waals surface area contributed by atoms with E-state index in [1.807, 2.05) is 12.1 Å². The molecule has 0 aliphatic heterocycles. The number of halogens is 1. The van der Waals surface area contributed by atoms with Crippen molar-refractivity contribution in [3.05, 3.63) is 28.3 Å². The molecule has 0 fully saturated rings. The van der Waals surface area contributed by atoms with Crippen LogP contribution in [0.1, 0.15) is 32.8 Å². The summed E-state index contributed by atoms with van der Waals surface area (Å²) in [4.78, 5) is 0. The lowest BCUT2D eigenvalue weighted by atomic mass is 10.00. The third-order valence-corrected chi connectivity index (χ3v) is 3.74. The summed E-state index contributed by atoms with van der Waals surface area (Å²) in [5.74, 6) is 1.69. The molecular formula is C17H26ClNO2. The van der Waals surface area contributed by atoms with Gasteiger partial charge in [0, 0.05) is 6.54 Å². The van der Waals surface area contributed by atoms with Crippen molar-refractivity contribution >= 4 is 17.7 Å². The molecule has 0 bridgehead atoms. The first-order valence-corrected chi connectivity index (χ1v) is 7.74. The Morgan fingerprint density at radius 1 is 1.29 bits per heavy atom. The number of hydrogen-bond acceptors (Lipinski definition) is 3. The van der Waals surface area contributed by atoms with E-state index in [-0.39, 0.29) is 0 Å². The molecule has 118 valence electrons. The largest absolute Gasteiger partial charge is 0.493 e. The van der Waals surface area contributed by atoms with Crippen LogP contribution < -0.4 is 14.8 Å². The van der Waals surface area contributed by atoms with E-state index in [1.165, 1.54) is 5.57 Å². The van der Waals surface area contributed by atoms with Gasteiger partial charge in [0.2, 0.25) is 0 Å². The number of hydrogen-bond donors (Lipinski definition) is 1. The van der Waals surface area contributed by atoms with Crippen molar-refractivity contribution in [2.45, 2.75) is 27.2 Å². The van der Waals surface area contributed by atoms with Crippen LogP contribution in [0.15, 0.2) is 17.7 Å². The Kier molecular flexibility index (Phi) is 7.62. The van der Waals surface area contributed by atoms with Gasteiger partial charge in [-0.2, -0.15) is 0 Å². The standard InChI is InChI=1S/C17H26ClNO2/c1-6-9-19-11-14(12(2)3)10-13-7-8-15(20-4)17(21-5)16(13)18/h7-8,10,12,19H,6,9,11H2,1-5H3. The maximum absolute atomic E-state index is 6.43. The van der Waals surface area contributed by atoms with E-state index in [4.69, 9.17) is 21.1 Å². The minimum absolute atomic E-state index is 0.457. The smallest absolute Gasteiger partial charge is 0.179 e. The van der Waals surface area contributed by atoms with Crippen LogP contribution >= 0.6 is 11.6 Å². The highest BCUT2D eigenvalue weighted by Gasteiger charge is 2.13. The molecular weight excluding hydrogens is 286 g/mol. The zero-order valence-electron chi connectivity index (χ0n) is 13.6. The van der Waals surface area contributed by atoms with Gasteiger partial charge in [0.1, 0.15) is 0 Å². The number of rotatable bonds is 8. The van der Waals surface area contributed by atoms with Crippen LogP contribution in [0.4, 0.5) is 0 Å². The second-order valence-corrected chi connectivity index (χ2v) is 5.63. The molecule has 0 saturated carbocycles. The first-order chi connectivity index (χ1) is 10.0. The average Bonchev–Trinajstić information content (AvgIpc) is 2.47. The van der Waals surface area contributed by atoms with E-state index in [0.29, 0.717) is 22.4 Å². The fraction of sp³-hybridized carbons (Fsp3) is 0.529. The molecule has 0 aliphatic carbocycles. The molecule has 0 spiro atoms. The van der Waals surface area contributed by atoms with E-state index in [1.54, 1.807) is 14.2 Å². The zero-order valence-corrected chi connectivity index (χ0v) is 14.4. The van der Waals surface area contributed by atoms with Crippen LogP contribution in [0.5, 0.6) is 11.5 Å². The van der Waals surface area contributed by atoms with Crippen molar-refractivity contribution in [3.63, 3.8) is 0 Å². The van der Waals surface area contributed by atoms with Gasteiger partial charge in [-0.3, -0.25) is 0 Å². The van der Waals surface area contributed by atoms with Gasteiger partial charge in [0.25, 0.3) is 0 Å². The summed E-state index contributed by atoms with van der Waals surface area (Å²) >= 11 is 6.43. The highest BCUT2D eigenvalue weighted by atomic mass is 35.5. The molecule has 0 aliphatic rings. The van der Waals surface area contributed by atoms with Crippen molar-refractivity contribution in [1.82, 2.24) is 5.32 Å². The zero-order chi connectivity index (χ0) is 15.8. The van der Waals surface area contributed by atoms with Gasteiger partial charge in [0.05, 0.1) is 19.2 Å². The van der Waals surface area contributed by atoms with E-state index in [0.717, 1.165) is 25.1 Å². The lowest BCUT2D eigenvalue weighted by Gasteiger charge is -2.15. The summed E-state index contributed by atoms with van der Waals surface area (Å²) in [6.07, 6.45) is 3.26. The maximum atomic E-state index is 6.43. The van der Waals surface area contributed by atoms with Gasteiger partial charge in [0.15, 0.2) is 11.5 Å². The Balaban J connectivity index is 3.09. The number of benzene rings is 1. The summed E-state index contributed by atoms with van der Waals surface area (Å²) in [6.45, 7) is 8.43. The number of methoxy groups -OCH3 is 2. The van der Waals surface area contributed by atoms with Crippen molar-refractivity contribution in [2.24, 2.45) is 5.92 Å². The molecule has 0 unspecified atom stereocenters. The van der Waals surface area contributed by atoms with Crippen molar-refractivity contribution < 1.29 is 9.47 Å². The molecule has 4 heteroatoms. The summed E-state index contributed by atoms with van der Waals surface area (Å²) in [5, 5.41) is 4.03. The SMILES string of the molecule is CCCNCC(=Cc1ccc(OC)c(OC)c1Cl)C(C)C. The molecule has 0 saturated heterocycles. The molecule has 1 rings (SSSR count). The van der Waals surface area contributed by atoms with E-state index < -0.39 is 0 Å². The minimum Gasteiger partial charge on any atom is -0.493 e. The highest BCUT2D eigenvalue weighted by molar-refractivity contribution is 6.33. The quantitative estimate of drug-likeness (QED) is 0.722. The van der Waals surface area contributed by atoms with E-state index in [9.17, 15) is 0 Å². The van der Waals surface area contributed by atoms with E-state index in [2.05, 4.69) is 32.2 Å². The van der Waals surface area contributed by atoms with Crippen molar-refractivity contribution in [1.29, 1.82) is 0 Å². The minimum atomic E-state index is 0.457. The Labute approximate surface area is 133 Å². The normalized spacial score (nSPS) is 11.9. The Morgan fingerprint density at radius 3 is 2.52 bits per heavy atom. The van der Waals surface area contributed by atoms with Gasteiger partial charge >= 0.3 is 0 Å². The van der Waals surface area contributed by atoms with Gasteiger partial charge in [-0.05, 0) is 36.6 Å². The van der Waals surface area contributed by atoms with Crippen LogP contribution in [0, 0.1) is 5.92 Å². The Morgan fingerprint density at radius 2 is 2.00 bits per heavy atom. The lowest BCUT2D eigenvalue weighted by Crippen LogP contribution is -2.19. The van der Waals surface area contributed by atoms with Crippen LogP contribution in [0.3, 0.4) is 0 Å². The van der Waals surface area contributed by atoms with Gasteiger partial charge < -0.3 is 14.8 Å². The van der Waals surface area contributed by atoms with Gasteiger partial charge in [-0.15, -0.1) is 0 Å². The van der Waals surface area contributed by atoms with Gasteiger partial charge in [-0.1, -0.05) is 44.0 Å². The predicted molar refractivity (Wildman–Crippen MR) is 90.5 cm³/mol. The van der Waals surface area contributed by atoms with Crippen molar-refractivity contribution in [3.8, 4) is 11.5 Å². The number of ether oxygens (including phenoxy) is 2. The lowest BCUT2D eigenvalue weighted by molar-refractivity contribution is 0.355. The fourth-order valence-corrected chi connectivity index (χ4v) is 2.33. The molecule has 1 aromatic carbocycles. The Hall–Kier alpha value is -1.19. The van der Waals surface area contributed by atoms with Gasteiger partial charge in [-0.25, -0.2) is 0 Å². The van der Waals surface area contributed by atoms with Crippen LogP contribution in [-0.4, -0.2) is 27.3 Å². The number of nitrogens with one attached hydrogen (secondary N) is 1. The second-order valence-electron chi connectivity index (χ2n) is 5.26. The summed E-state index contributed by atoms with van der Waals surface area (Å²) < 4.78 is 10.6. The molecule has 0 radical (unpaired) electrons. The third-order valence-electron chi connectivity index (χ3n) is 3.35. The summed E-state index contributed by atoms with van der Waals surface area (Å²) in [7, 11) is 3.21. The molecule has 21 heavy (non-hydrogen) atoms. The molecule has 0 atom stereocenters. The van der Waals surface area contributed by atoms with Crippen LogP contribution in [-0.2, 0) is 0 Å². The summed E-state index contributed by atoms with van der Waals surface area (Å²) in [5.41, 5.74) is 2.27. The third kappa shape index (κ3) is 4.94. The topological polar surface area (TPSA) is 30.5 Å². The highest BCUT2D eigenvalue weighted by Crippen LogP contribution is 2.38. The first-order valence-electron chi connectivity index (χ1n) is 7.36. The van der Waals surface area contributed by atoms with E-state index >= 15 is 0 Å². The molecule has 0 heterocycles. The molecule has 1 aromatic rings. The Bertz CT molecular complexity index is 484. The van der Waals surface area contributed by atoms with Crippen LogP contribution in [0.2, 0.25) is 5.02 Å². The fourth-order valence-electron chi connectivity index (χ4n) is 2.05. The summed E-state index contributed by atoms with van der Waals surface area (Å²) in [6, 6.07) is 3.85. The monoisotopic (exact) mass is 311 g/mol. The first kappa shape index (κ1) is 17.9. The average molecular weight is 312 g/mol.